The van der Waals surface area contributed by atoms with Crippen LogP contribution in [0.1, 0.15) is 18.5 Å². The number of halogens is 1. The zero-order valence-electron chi connectivity index (χ0n) is 14.1. The van der Waals surface area contributed by atoms with Crippen molar-refractivity contribution < 1.29 is 5.11 Å². The second-order valence-electron chi connectivity index (χ2n) is 7.06. The Balaban J connectivity index is 1.47. The topological polar surface area (TPSA) is 74.2 Å². The number of nitrogens with one attached hydrogen (secondary N) is 1. The lowest BCUT2D eigenvalue weighted by molar-refractivity contribution is 0.0737. The fourth-order valence-corrected chi connectivity index (χ4v) is 4.29. The highest BCUT2D eigenvalue weighted by atomic mass is 35.5. The lowest BCUT2D eigenvalue weighted by atomic mass is 9.77. The smallest absolute Gasteiger partial charge is 0.147 e. The second kappa shape index (κ2) is 6.77. The van der Waals surface area contributed by atoms with Gasteiger partial charge in [-0.2, -0.15) is 0 Å². The molecule has 0 unspecified atom stereocenters. The summed E-state index contributed by atoms with van der Waals surface area (Å²) < 4.78 is 0. The molecule has 1 aliphatic carbocycles. The third-order valence-corrected chi connectivity index (χ3v) is 5.60. The summed E-state index contributed by atoms with van der Waals surface area (Å²) in [6.45, 7) is 3.80. The minimum Gasteiger partial charge on any atom is -0.391 e. The van der Waals surface area contributed by atoms with Crippen molar-refractivity contribution in [2.45, 2.75) is 31.9 Å². The van der Waals surface area contributed by atoms with E-state index in [1.807, 2.05) is 19.1 Å². The molecule has 0 bridgehead atoms. The van der Waals surface area contributed by atoms with Crippen molar-refractivity contribution in [1.82, 2.24) is 15.0 Å². The van der Waals surface area contributed by atoms with E-state index < -0.39 is 0 Å². The van der Waals surface area contributed by atoms with E-state index in [0.717, 1.165) is 37.4 Å². The van der Waals surface area contributed by atoms with E-state index >= 15 is 0 Å². The molecular formula is C18H22ClN5O. The summed E-state index contributed by atoms with van der Waals surface area (Å²) in [7, 11) is 0. The molecule has 7 heteroatoms. The quantitative estimate of drug-likeness (QED) is 0.877. The number of hydrogen-bond donors (Lipinski definition) is 2. The van der Waals surface area contributed by atoms with Crippen LogP contribution in [0, 0.1) is 18.8 Å². The number of anilines is 2. The lowest BCUT2D eigenvalue weighted by Gasteiger charge is -2.35. The SMILES string of the molecule is Cc1ccc(Cl)c(N2C[C@H]3C[C@@H](Nc4cnccn4)[C@H](O)C[C@H]3C2)n1. The number of fused-ring (bicyclic) bond motifs is 1. The molecule has 2 fully saturated rings. The Bertz CT molecular complexity index is 744. The van der Waals surface area contributed by atoms with Gasteiger partial charge < -0.3 is 15.3 Å². The van der Waals surface area contributed by atoms with Gasteiger partial charge in [-0.05, 0) is 43.7 Å². The van der Waals surface area contributed by atoms with Crippen molar-refractivity contribution in [3.63, 3.8) is 0 Å². The minimum absolute atomic E-state index is 0.00107. The van der Waals surface area contributed by atoms with Crippen LogP contribution in [0.2, 0.25) is 5.02 Å². The molecule has 3 heterocycles. The average Bonchev–Trinajstić information content (AvgIpc) is 3.01. The molecule has 0 spiro atoms. The van der Waals surface area contributed by atoms with Crippen LogP contribution in [0.5, 0.6) is 0 Å². The molecule has 1 saturated heterocycles. The molecule has 6 nitrogen and oxygen atoms in total. The molecule has 2 N–H and O–H groups in total. The highest BCUT2D eigenvalue weighted by Crippen LogP contribution is 2.40. The maximum atomic E-state index is 10.6. The molecular weight excluding hydrogens is 338 g/mol. The van der Waals surface area contributed by atoms with Gasteiger partial charge in [0.1, 0.15) is 11.6 Å². The van der Waals surface area contributed by atoms with Crippen LogP contribution in [0.15, 0.2) is 30.7 Å². The summed E-state index contributed by atoms with van der Waals surface area (Å²) in [4.78, 5) is 15.2. The van der Waals surface area contributed by atoms with Crippen LogP contribution in [-0.2, 0) is 0 Å². The van der Waals surface area contributed by atoms with Crippen LogP contribution in [0.4, 0.5) is 11.6 Å². The van der Waals surface area contributed by atoms with Crippen molar-refractivity contribution >= 4 is 23.2 Å². The van der Waals surface area contributed by atoms with Gasteiger partial charge in [-0.1, -0.05) is 11.6 Å². The number of aliphatic hydroxyl groups excluding tert-OH is 1. The summed E-state index contributed by atoms with van der Waals surface area (Å²) in [5, 5.41) is 14.6. The fraction of sp³-hybridized carbons (Fsp3) is 0.500. The fourth-order valence-electron chi connectivity index (χ4n) is 4.07. The van der Waals surface area contributed by atoms with Gasteiger partial charge >= 0.3 is 0 Å². The monoisotopic (exact) mass is 359 g/mol. The van der Waals surface area contributed by atoms with Crippen molar-refractivity contribution in [3.05, 3.63) is 41.4 Å². The summed E-state index contributed by atoms with van der Waals surface area (Å²) in [5.41, 5.74) is 0.969. The number of aryl methyl sites for hydroxylation is 1. The molecule has 2 aromatic rings. The van der Waals surface area contributed by atoms with Gasteiger partial charge in [-0.25, -0.2) is 9.97 Å². The first kappa shape index (κ1) is 16.5. The van der Waals surface area contributed by atoms with Gasteiger partial charge in [0.15, 0.2) is 0 Å². The molecule has 4 rings (SSSR count). The Morgan fingerprint density at radius 1 is 1.20 bits per heavy atom. The number of pyridine rings is 1. The van der Waals surface area contributed by atoms with Gasteiger partial charge in [0.05, 0.1) is 23.4 Å². The molecule has 0 aromatic carbocycles. The summed E-state index contributed by atoms with van der Waals surface area (Å²) >= 11 is 6.36. The zero-order chi connectivity index (χ0) is 17.4. The van der Waals surface area contributed by atoms with Crippen LogP contribution in [0.25, 0.3) is 0 Å². The largest absolute Gasteiger partial charge is 0.391 e. The van der Waals surface area contributed by atoms with Crippen LogP contribution in [-0.4, -0.2) is 45.3 Å². The van der Waals surface area contributed by atoms with Gasteiger partial charge in [-0.3, -0.25) is 4.98 Å². The molecule has 2 aromatic heterocycles. The average molecular weight is 360 g/mol. The van der Waals surface area contributed by atoms with E-state index in [9.17, 15) is 5.11 Å². The Morgan fingerprint density at radius 3 is 2.76 bits per heavy atom. The van der Waals surface area contributed by atoms with Crippen LogP contribution < -0.4 is 10.2 Å². The summed E-state index contributed by atoms with van der Waals surface area (Å²) in [6, 6.07) is 3.84. The zero-order valence-corrected chi connectivity index (χ0v) is 14.9. The first-order valence-corrected chi connectivity index (χ1v) is 9.06. The molecule has 1 aliphatic heterocycles. The second-order valence-corrected chi connectivity index (χ2v) is 7.47. The molecule has 25 heavy (non-hydrogen) atoms. The van der Waals surface area contributed by atoms with Gasteiger partial charge in [0, 0.05) is 31.2 Å². The van der Waals surface area contributed by atoms with E-state index in [4.69, 9.17) is 11.6 Å². The number of rotatable bonds is 3. The molecule has 0 radical (unpaired) electrons. The van der Waals surface area contributed by atoms with Gasteiger partial charge in [0.2, 0.25) is 0 Å². The van der Waals surface area contributed by atoms with Crippen molar-refractivity contribution in [1.29, 1.82) is 0 Å². The highest BCUT2D eigenvalue weighted by molar-refractivity contribution is 6.32. The van der Waals surface area contributed by atoms with Crippen molar-refractivity contribution in [3.8, 4) is 0 Å². The number of aromatic nitrogens is 3. The van der Waals surface area contributed by atoms with Crippen molar-refractivity contribution in [2.75, 3.05) is 23.3 Å². The third-order valence-electron chi connectivity index (χ3n) is 5.30. The summed E-state index contributed by atoms with van der Waals surface area (Å²) in [5.74, 6) is 2.55. The molecule has 2 aliphatic rings. The van der Waals surface area contributed by atoms with Gasteiger partial charge in [0.25, 0.3) is 0 Å². The Kier molecular flexibility index (Phi) is 4.48. The lowest BCUT2D eigenvalue weighted by Crippen LogP contribution is -2.43. The Hall–Kier alpha value is -1.92. The van der Waals surface area contributed by atoms with Crippen LogP contribution in [0.3, 0.4) is 0 Å². The minimum atomic E-state index is -0.385. The standard InChI is InChI=1S/C18H22ClN5O/c1-11-2-3-14(19)18(22-11)24-9-12-6-15(16(25)7-13(12)10-24)23-17-8-20-4-5-21-17/h2-5,8,12-13,15-16,25H,6-7,9-10H2,1H3,(H,21,23)/t12-,13+,15-,16-/m1/s1. The van der Waals surface area contributed by atoms with E-state index in [1.165, 1.54) is 0 Å². The van der Waals surface area contributed by atoms with E-state index in [2.05, 4.69) is 25.2 Å². The Morgan fingerprint density at radius 2 is 2.00 bits per heavy atom. The third kappa shape index (κ3) is 3.41. The predicted molar refractivity (Wildman–Crippen MR) is 97.9 cm³/mol. The Labute approximate surface area is 152 Å². The maximum Gasteiger partial charge on any atom is 0.147 e. The normalized spacial score (nSPS) is 28.7. The van der Waals surface area contributed by atoms with Crippen molar-refractivity contribution in [2.24, 2.45) is 11.8 Å². The molecule has 1 saturated carbocycles. The van der Waals surface area contributed by atoms with E-state index in [1.54, 1.807) is 18.6 Å². The number of aliphatic hydroxyl groups is 1. The van der Waals surface area contributed by atoms with Gasteiger partial charge in [-0.15, -0.1) is 0 Å². The number of nitrogens with zero attached hydrogens (tertiary/aromatic N) is 4. The number of hydrogen-bond acceptors (Lipinski definition) is 6. The summed E-state index contributed by atoms with van der Waals surface area (Å²) in [6.07, 6.45) is 6.29. The van der Waals surface area contributed by atoms with Crippen LogP contribution >= 0.6 is 11.6 Å². The maximum absolute atomic E-state index is 10.6. The predicted octanol–water partition coefficient (Wildman–Crippen LogP) is 2.52. The van der Waals surface area contributed by atoms with E-state index in [0.29, 0.717) is 22.7 Å². The molecule has 0 amide bonds. The first-order valence-electron chi connectivity index (χ1n) is 8.69. The van der Waals surface area contributed by atoms with E-state index in [-0.39, 0.29) is 12.1 Å². The first-order chi connectivity index (χ1) is 12.1. The molecule has 132 valence electrons. The molecule has 4 atom stereocenters. The highest BCUT2D eigenvalue weighted by Gasteiger charge is 2.42.